The number of benzene rings is 2. The van der Waals surface area contributed by atoms with E-state index in [0.29, 0.717) is 17.3 Å². The molecule has 0 atom stereocenters. The van der Waals surface area contributed by atoms with E-state index in [1.807, 2.05) is 42.5 Å². The molecule has 0 aromatic heterocycles. The van der Waals surface area contributed by atoms with Crippen LogP contribution in [0.2, 0.25) is 0 Å². The van der Waals surface area contributed by atoms with Gasteiger partial charge in [-0.15, -0.1) is 0 Å². The van der Waals surface area contributed by atoms with Gasteiger partial charge in [0.25, 0.3) is 0 Å². The van der Waals surface area contributed by atoms with Gasteiger partial charge in [0, 0.05) is 5.56 Å². The van der Waals surface area contributed by atoms with Crippen molar-refractivity contribution in [3.8, 4) is 11.5 Å². The topological polar surface area (TPSA) is 44.5 Å². The van der Waals surface area contributed by atoms with E-state index in [1.165, 1.54) is 5.56 Å². The monoisotopic (exact) mass is 301 g/mol. The Kier molecular flexibility index (Phi) is 5.17. The number of hydrogen-bond donors (Lipinski definition) is 1. The Bertz CT molecular complexity index is 640. The minimum atomic E-state index is 0.377. The van der Waals surface area contributed by atoms with Gasteiger partial charge in [-0.25, -0.2) is 0 Å². The number of thiocarbonyl (C=S) groups is 1. The molecule has 0 bridgehead atoms. The van der Waals surface area contributed by atoms with Crippen LogP contribution >= 0.6 is 12.2 Å². The number of nitrogens with two attached hydrogens (primary N) is 1. The van der Waals surface area contributed by atoms with Crippen molar-refractivity contribution in [3.63, 3.8) is 0 Å². The highest BCUT2D eigenvalue weighted by Crippen LogP contribution is 2.29. The van der Waals surface area contributed by atoms with Crippen molar-refractivity contribution >= 4 is 17.2 Å². The Balaban J connectivity index is 2.19. The Hall–Kier alpha value is -2.07. The van der Waals surface area contributed by atoms with Crippen LogP contribution in [0.5, 0.6) is 11.5 Å². The third-order valence-corrected chi connectivity index (χ3v) is 3.52. The Morgan fingerprint density at radius 3 is 2.57 bits per heavy atom. The van der Waals surface area contributed by atoms with Gasteiger partial charge in [-0.05, 0) is 29.7 Å². The Morgan fingerprint density at radius 1 is 1.14 bits per heavy atom. The lowest BCUT2D eigenvalue weighted by molar-refractivity contribution is 0.284. The first-order valence-corrected chi connectivity index (χ1v) is 7.24. The van der Waals surface area contributed by atoms with Gasteiger partial charge < -0.3 is 15.2 Å². The molecule has 0 saturated carbocycles. The predicted octanol–water partition coefficient (Wildman–Crippen LogP) is 3.47. The zero-order chi connectivity index (χ0) is 15.2. The molecule has 2 rings (SSSR count). The lowest BCUT2D eigenvalue weighted by Gasteiger charge is -2.13. The van der Waals surface area contributed by atoms with Crippen LogP contribution < -0.4 is 15.2 Å². The third-order valence-electron chi connectivity index (χ3n) is 3.30. The number of methoxy groups -OCH3 is 1. The maximum absolute atomic E-state index is 5.86. The molecule has 2 aromatic rings. The molecule has 4 heteroatoms. The standard InChI is InChI=1S/C17H19NO2S/c1-3-12-8-9-15(16(10-12)19-2)20-11-13-6-4-5-7-14(13)17(18)21/h4-10H,3,11H2,1-2H3,(H2,18,21). The van der Waals surface area contributed by atoms with E-state index in [9.17, 15) is 0 Å². The number of rotatable bonds is 6. The van der Waals surface area contributed by atoms with E-state index in [2.05, 4.69) is 6.92 Å². The molecule has 0 heterocycles. The molecule has 0 saturated heterocycles. The second-order valence-electron chi connectivity index (χ2n) is 4.65. The van der Waals surface area contributed by atoms with Crippen molar-refractivity contribution in [2.24, 2.45) is 5.73 Å². The van der Waals surface area contributed by atoms with Crippen molar-refractivity contribution in [1.29, 1.82) is 0 Å². The Morgan fingerprint density at radius 2 is 1.90 bits per heavy atom. The van der Waals surface area contributed by atoms with Crippen LogP contribution in [0.1, 0.15) is 23.6 Å². The lowest BCUT2D eigenvalue weighted by atomic mass is 10.1. The van der Waals surface area contributed by atoms with Crippen LogP contribution in [0.3, 0.4) is 0 Å². The largest absolute Gasteiger partial charge is 0.493 e. The van der Waals surface area contributed by atoms with E-state index >= 15 is 0 Å². The van der Waals surface area contributed by atoms with Crippen LogP contribution in [0, 0.1) is 0 Å². The van der Waals surface area contributed by atoms with Gasteiger partial charge in [-0.1, -0.05) is 49.5 Å². The van der Waals surface area contributed by atoms with Crippen LogP contribution in [-0.2, 0) is 13.0 Å². The van der Waals surface area contributed by atoms with Crippen molar-refractivity contribution in [1.82, 2.24) is 0 Å². The summed E-state index contributed by atoms with van der Waals surface area (Å²) in [6, 6.07) is 13.7. The van der Waals surface area contributed by atoms with Crippen LogP contribution in [-0.4, -0.2) is 12.1 Å². The first kappa shape index (κ1) is 15.3. The zero-order valence-electron chi connectivity index (χ0n) is 12.3. The van der Waals surface area contributed by atoms with E-state index in [1.54, 1.807) is 7.11 Å². The minimum Gasteiger partial charge on any atom is -0.493 e. The van der Waals surface area contributed by atoms with Gasteiger partial charge in [0.15, 0.2) is 11.5 Å². The van der Waals surface area contributed by atoms with E-state index in [0.717, 1.165) is 23.3 Å². The van der Waals surface area contributed by atoms with E-state index in [4.69, 9.17) is 27.4 Å². The van der Waals surface area contributed by atoms with Gasteiger partial charge >= 0.3 is 0 Å². The molecule has 0 fully saturated rings. The summed E-state index contributed by atoms with van der Waals surface area (Å²) in [5.41, 5.74) is 8.75. The molecule has 3 nitrogen and oxygen atoms in total. The summed E-state index contributed by atoms with van der Waals surface area (Å²) in [7, 11) is 1.64. The number of hydrogen-bond acceptors (Lipinski definition) is 3. The highest BCUT2D eigenvalue weighted by molar-refractivity contribution is 7.80. The summed E-state index contributed by atoms with van der Waals surface area (Å²) in [4.78, 5) is 0.377. The maximum Gasteiger partial charge on any atom is 0.161 e. The number of ether oxygens (including phenoxy) is 2. The van der Waals surface area contributed by atoms with Crippen molar-refractivity contribution in [2.75, 3.05) is 7.11 Å². The van der Waals surface area contributed by atoms with Gasteiger partial charge in [0.05, 0.1) is 7.11 Å². The van der Waals surface area contributed by atoms with Crippen molar-refractivity contribution < 1.29 is 9.47 Å². The summed E-state index contributed by atoms with van der Waals surface area (Å²) in [6.45, 7) is 2.50. The van der Waals surface area contributed by atoms with Crippen LogP contribution in [0.25, 0.3) is 0 Å². The fraction of sp³-hybridized carbons (Fsp3) is 0.235. The molecular weight excluding hydrogens is 282 g/mol. The molecule has 2 N–H and O–H groups in total. The van der Waals surface area contributed by atoms with E-state index in [-0.39, 0.29) is 0 Å². The molecule has 0 amide bonds. The normalized spacial score (nSPS) is 10.2. The zero-order valence-corrected chi connectivity index (χ0v) is 13.1. The molecule has 110 valence electrons. The molecule has 0 spiro atoms. The highest BCUT2D eigenvalue weighted by Gasteiger charge is 2.08. The molecule has 2 aromatic carbocycles. The molecule has 0 aliphatic heterocycles. The van der Waals surface area contributed by atoms with Crippen LogP contribution in [0.4, 0.5) is 0 Å². The molecule has 0 radical (unpaired) electrons. The highest BCUT2D eigenvalue weighted by atomic mass is 32.1. The summed E-state index contributed by atoms with van der Waals surface area (Å²) >= 11 is 5.06. The summed E-state index contributed by atoms with van der Waals surface area (Å²) in [5.74, 6) is 1.45. The second kappa shape index (κ2) is 7.09. The molecular formula is C17H19NO2S. The fourth-order valence-electron chi connectivity index (χ4n) is 2.09. The maximum atomic E-state index is 5.86. The average Bonchev–Trinajstić information content (AvgIpc) is 2.52. The van der Waals surface area contributed by atoms with Crippen LogP contribution in [0.15, 0.2) is 42.5 Å². The average molecular weight is 301 g/mol. The second-order valence-corrected chi connectivity index (χ2v) is 5.09. The summed E-state index contributed by atoms with van der Waals surface area (Å²) < 4.78 is 11.2. The van der Waals surface area contributed by atoms with Crippen molar-refractivity contribution in [3.05, 3.63) is 59.2 Å². The fourth-order valence-corrected chi connectivity index (χ4v) is 2.29. The van der Waals surface area contributed by atoms with Crippen molar-refractivity contribution in [2.45, 2.75) is 20.0 Å². The van der Waals surface area contributed by atoms with Gasteiger partial charge in [-0.3, -0.25) is 0 Å². The molecule has 0 aliphatic carbocycles. The first-order valence-electron chi connectivity index (χ1n) is 6.83. The van der Waals surface area contributed by atoms with E-state index < -0.39 is 0 Å². The van der Waals surface area contributed by atoms with Gasteiger partial charge in [0.1, 0.15) is 11.6 Å². The number of aryl methyl sites for hydroxylation is 1. The van der Waals surface area contributed by atoms with Gasteiger partial charge in [0.2, 0.25) is 0 Å². The predicted molar refractivity (Wildman–Crippen MR) is 89.0 cm³/mol. The minimum absolute atomic E-state index is 0.377. The quantitative estimate of drug-likeness (QED) is 0.830. The summed E-state index contributed by atoms with van der Waals surface area (Å²) in [6.07, 6.45) is 0.959. The smallest absolute Gasteiger partial charge is 0.161 e. The first-order chi connectivity index (χ1) is 10.2. The third kappa shape index (κ3) is 3.73. The molecule has 21 heavy (non-hydrogen) atoms. The lowest BCUT2D eigenvalue weighted by Crippen LogP contribution is -2.13. The Labute approximate surface area is 130 Å². The molecule has 0 unspecified atom stereocenters. The summed E-state index contributed by atoms with van der Waals surface area (Å²) in [5, 5.41) is 0. The molecule has 0 aliphatic rings. The van der Waals surface area contributed by atoms with Gasteiger partial charge in [-0.2, -0.15) is 0 Å². The SMILES string of the molecule is CCc1ccc(OCc2ccccc2C(N)=S)c(OC)c1.